The normalized spacial score (nSPS) is 12.0. The standard InChI is InChI=1S/C20H25N3O2S/c1-4-16-5-7-18(8-6-16)23(12-11-15(2)3)26(24,25)19-9-10-20-17(13-19)14-21-22-20/h5-10,13-15H,4,11-12H2,1-3H3,(H,21,22). The molecule has 0 aliphatic carbocycles. The third-order valence-electron chi connectivity index (χ3n) is 4.54. The fourth-order valence-electron chi connectivity index (χ4n) is 2.87. The molecule has 0 spiro atoms. The lowest BCUT2D eigenvalue weighted by Gasteiger charge is -2.25. The monoisotopic (exact) mass is 371 g/mol. The van der Waals surface area contributed by atoms with Gasteiger partial charge in [-0.3, -0.25) is 9.40 Å². The highest BCUT2D eigenvalue weighted by Gasteiger charge is 2.25. The number of H-pyrrole nitrogens is 1. The van der Waals surface area contributed by atoms with Gasteiger partial charge in [-0.25, -0.2) is 8.42 Å². The number of aryl methyl sites for hydroxylation is 1. The summed E-state index contributed by atoms with van der Waals surface area (Å²) in [6.07, 6.45) is 3.36. The zero-order valence-corrected chi connectivity index (χ0v) is 16.3. The van der Waals surface area contributed by atoms with Crippen molar-refractivity contribution in [3.05, 3.63) is 54.2 Å². The lowest BCUT2D eigenvalue weighted by Crippen LogP contribution is -2.32. The quantitative estimate of drug-likeness (QED) is 0.671. The highest BCUT2D eigenvalue weighted by molar-refractivity contribution is 7.92. The molecule has 138 valence electrons. The highest BCUT2D eigenvalue weighted by Crippen LogP contribution is 2.27. The molecule has 2 aromatic carbocycles. The van der Waals surface area contributed by atoms with E-state index in [1.54, 1.807) is 24.4 Å². The number of anilines is 1. The van der Waals surface area contributed by atoms with E-state index in [1.165, 1.54) is 9.87 Å². The van der Waals surface area contributed by atoms with Gasteiger partial charge >= 0.3 is 0 Å². The van der Waals surface area contributed by atoms with Gasteiger partial charge in [-0.1, -0.05) is 32.9 Å². The van der Waals surface area contributed by atoms with E-state index >= 15 is 0 Å². The molecule has 1 N–H and O–H groups in total. The van der Waals surface area contributed by atoms with E-state index < -0.39 is 10.0 Å². The van der Waals surface area contributed by atoms with Crippen molar-refractivity contribution in [2.45, 2.75) is 38.5 Å². The van der Waals surface area contributed by atoms with Crippen LogP contribution in [0.3, 0.4) is 0 Å². The zero-order valence-electron chi connectivity index (χ0n) is 15.4. The topological polar surface area (TPSA) is 66.1 Å². The molecule has 3 aromatic rings. The van der Waals surface area contributed by atoms with E-state index in [-0.39, 0.29) is 4.90 Å². The Morgan fingerprint density at radius 1 is 1.12 bits per heavy atom. The van der Waals surface area contributed by atoms with Crippen molar-refractivity contribution in [2.75, 3.05) is 10.8 Å². The number of benzene rings is 2. The van der Waals surface area contributed by atoms with E-state index in [0.717, 1.165) is 23.7 Å². The molecule has 0 radical (unpaired) electrons. The summed E-state index contributed by atoms with van der Waals surface area (Å²) in [5.74, 6) is 0.416. The maximum atomic E-state index is 13.4. The molecule has 0 atom stereocenters. The summed E-state index contributed by atoms with van der Waals surface area (Å²) >= 11 is 0. The first-order chi connectivity index (χ1) is 12.4. The Labute approximate surface area is 155 Å². The van der Waals surface area contributed by atoms with Crippen LogP contribution in [0.4, 0.5) is 5.69 Å². The van der Waals surface area contributed by atoms with Gasteiger partial charge in [-0.2, -0.15) is 5.10 Å². The van der Waals surface area contributed by atoms with Gasteiger partial charge in [0.25, 0.3) is 10.0 Å². The number of aromatic amines is 1. The first kappa shape index (κ1) is 18.5. The van der Waals surface area contributed by atoms with Crippen molar-refractivity contribution in [3.8, 4) is 0 Å². The highest BCUT2D eigenvalue weighted by atomic mass is 32.2. The minimum atomic E-state index is -3.65. The number of rotatable bonds is 7. The molecule has 0 aliphatic rings. The number of fused-ring (bicyclic) bond motifs is 1. The molecule has 0 bridgehead atoms. The lowest BCUT2D eigenvalue weighted by molar-refractivity contribution is 0.568. The molecule has 0 aliphatic heterocycles. The van der Waals surface area contributed by atoms with Crippen LogP contribution in [-0.2, 0) is 16.4 Å². The second-order valence-corrected chi connectivity index (χ2v) is 8.76. The average Bonchev–Trinajstić information content (AvgIpc) is 3.09. The van der Waals surface area contributed by atoms with Gasteiger partial charge in [0.1, 0.15) is 0 Å². The summed E-state index contributed by atoms with van der Waals surface area (Å²) in [7, 11) is -3.65. The average molecular weight is 372 g/mol. The van der Waals surface area contributed by atoms with E-state index in [9.17, 15) is 8.42 Å². The molecule has 3 rings (SSSR count). The van der Waals surface area contributed by atoms with Gasteiger partial charge in [0.05, 0.1) is 22.3 Å². The first-order valence-electron chi connectivity index (χ1n) is 8.96. The Bertz CT molecular complexity index is 976. The minimum absolute atomic E-state index is 0.287. The SMILES string of the molecule is CCc1ccc(N(CCC(C)C)S(=O)(=O)c2ccc3[nH]ncc3c2)cc1. The lowest BCUT2D eigenvalue weighted by atomic mass is 10.1. The Balaban J connectivity index is 2.02. The summed E-state index contributed by atoms with van der Waals surface area (Å²) in [5.41, 5.74) is 2.72. The van der Waals surface area contributed by atoms with Crippen LogP contribution in [-0.4, -0.2) is 25.2 Å². The molecule has 0 amide bonds. The van der Waals surface area contributed by atoms with Gasteiger partial charge in [0.15, 0.2) is 0 Å². The number of sulfonamides is 1. The molecular weight excluding hydrogens is 346 g/mol. The number of nitrogens with zero attached hydrogens (tertiary/aromatic N) is 2. The van der Waals surface area contributed by atoms with Gasteiger partial charge < -0.3 is 0 Å². The van der Waals surface area contributed by atoms with E-state index in [4.69, 9.17) is 0 Å². The summed E-state index contributed by atoms with van der Waals surface area (Å²) < 4.78 is 28.2. The molecule has 0 fully saturated rings. The molecule has 26 heavy (non-hydrogen) atoms. The molecule has 0 unspecified atom stereocenters. The van der Waals surface area contributed by atoms with Crippen molar-refractivity contribution in [2.24, 2.45) is 5.92 Å². The summed E-state index contributed by atoms with van der Waals surface area (Å²) in [6.45, 7) is 6.74. The van der Waals surface area contributed by atoms with Crippen molar-refractivity contribution in [1.29, 1.82) is 0 Å². The van der Waals surface area contributed by atoms with Crippen LogP contribution in [0.5, 0.6) is 0 Å². The van der Waals surface area contributed by atoms with Gasteiger partial charge in [-0.15, -0.1) is 0 Å². The second kappa shape index (κ2) is 7.50. The van der Waals surface area contributed by atoms with E-state index in [1.807, 2.05) is 24.3 Å². The van der Waals surface area contributed by atoms with E-state index in [2.05, 4.69) is 31.0 Å². The van der Waals surface area contributed by atoms with Gasteiger partial charge in [0.2, 0.25) is 0 Å². The van der Waals surface area contributed by atoms with Crippen molar-refractivity contribution in [3.63, 3.8) is 0 Å². The molecular formula is C20H25N3O2S. The van der Waals surface area contributed by atoms with Crippen LogP contribution in [0, 0.1) is 5.92 Å². The Morgan fingerprint density at radius 3 is 2.50 bits per heavy atom. The maximum absolute atomic E-state index is 13.4. The van der Waals surface area contributed by atoms with Crippen molar-refractivity contribution >= 4 is 26.6 Å². The Morgan fingerprint density at radius 2 is 1.85 bits per heavy atom. The van der Waals surface area contributed by atoms with Crippen LogP contribution >= 0.6 is 0 Å². The van der Waals surface area contributed by atoms with Crippen LogP contribution in [0.1, 0.15) is 32.8 Å². The van der Waals surface area contributed by atoms with Crippen LogP contribution in [0.2, 0.25) is 0 Å². The van der Waals surface area contributed by atoms with Crippen LogP contribution in [0.25, 0.3) is 10.9 Å². The van der Waals surface area contributed by atoms with E-state index in [0.29, 0.717) is 18.2 Å². The van der Waals surface area contributed by atoms with Gasteiger partial charge in [-0.05, 0) is 54.7 Å². The fraction of sp³-hybridized carbons (Fsp3) is 0.350. The molecule has 1 aromatic heterocycles. The maximum Gasteiger partial charge on any atom is 0.264 e. The fourth-order valence-corrected chi connectivity index (χ4v) is 4.39. The third kappa shape index (κ3) is 3.75. The number of hydrogen-bond acceptors (Lipinski definition) is 3. The van der Waals surface area contributed by atoms with Crippen molar-refractivity contribution < 1.29 is 8.42 Å². The number of aromatic nitrogens is 2. The third-order valence-corrected chi connectivity index (χ3v) is 6.37. The zero-order chi connectivity index (χ0) is 18.7. The molecule has 5 nitrogen and oxygen atoms in total. The Kier molecular flexibility index (Phi) is 5.32. The summed E-state index contributed by atoms with van der Waals surface area (Å²) in [4.78, 5) is 0.287. The summed E-state index contributed by atoms with van der Waals surface area (Å²) in [5, 5.41) is 7.61. The largest absolute Gasteiger partial charge is 0.278 e. The second-order valence-electron chi connectivity index (χ2n) is 6.90. The molecule has 6 heteroatoms. The Hall–Kier alpha value is -2.34. The minimum Gasteiger partial charge on any atom is -0.278 e. The molecule has 1 heterocycles. The predicted octanol–water partition coefficient (Wildman–Crippen LogP) is 4.37. The predicted molar refractivity (Wildman–Crippen MR) is 106 cm³/mol. The van der Waals surface area contributed by atoms with Crippen LogP contribution < -0.4 is 4.31 Å². The van der Waals surface area contributed by atoms with Gasteiger partial charge in [0, 0.05) is 11.9 Å². The van der Waals surface area contributed by atoms with Crippen molar-refractivity contribution in [1.82, 2.24) is 10.2 Å². The first-order valence-corrected chi connectivity index (χ1v) is 10.4. The number of hydrogen-bond donors (Lipinski definition) is 1. The van der Waals surface area contributed by atoms with Crippen LogP contribution in [0.15, 0.2) is 53.6 Å². The smallest absolute Gasteiger partial charge is 0.264 e. The number of nitrogens with one attached hydrogen (secondary N) is 1. The molecule has 0 saturated carbocycles. The molecule has 0 saturated heterocycles. The summed E-state index contributed by atoms with van der Waals surface area (Å²) in [6, 6.07) is 12.9.